The maximum Gasteiger partial charge on any atom is 0.251 e. The van der Waals surface area contributed by atoms with Crippen molar-refractivity contribution in [1.82, 2.24) is 10.2 Å². The summed E-state index contributed by atoms with van der Waals surface area (Å²) in [5.74, 6) is 1.64. The number of likely N-dealkylation sites (tertiary alicyclic amines) is 1. The Bertz CT molecular complexity index is 920. The molecule has 5 rings (SSSR count). The number of amides is 1. The van der Waals surface area contributed by atoms with Crippen molar-refractivity contribution in [2.45, 2.75) is 57.4 Å². The quantitative estimate of drug-likeness (QED) is 0.766. The van der Waals surface area contributed by atoms with E-state index in [4.69, 9.17) is 0 Å². The van der Waals surface area contributed by atoms with Gasteiger partial charge in [0.15, 0.2) is 0 Å². The van der Waals surface area contributed by atoms with Crippen LogP contribution in [-0.4, -0.2) is 36.5 Å². The lowest BCUT2D eigenvalue weighted by atomic mass is 9.59. The summed E-state index contributed by atoms with van der Waals surface area (Å²) in [6.45, 7) is 8.05. The molecule has 1 amide bonds. The van der Waals surface area contributed by atoms with Gasteiger partial charge in [-0.3, -0.25) is 9.69 Å². The van der Waals surface area contributed by atoms with Crippen LogP contribution in [0.2, 0.25) is 0 Å². The third-order valence-electron chi connectivity index (χ3n) is 8.12. The Morgan fingerprint density at radius 3 is 2.73 bits per heavy atom. The lowest BCUT2D eigenvalue weighted by Gasteiger charge is -2.55. The highest BCUT2D eigenvalue weighted by molar-refractivity contribution is 5.94. The van der Waals surface area contributed by atoms with E-state index < -0.39 is 0 Å². The van der Waals surface area contributed by atoms with Gasteiger partial charge in [0.25, 0.3) is 5.91 Å². The molecule has 2 bridgehead atoms. The van der Waals surface area contributed by atoms with Gasteiger partial charge in [0, 0.05) is 24.7 Å². The highest BCUT2D eigenvalue weighted by Crippen LogP contribution is 2.49. The third kappa shape index (κ3) is 3.69. The van der Waals surface area contributed by atoms with Crippen molar-refractivity contribution < 1.29 is 4.79 Å². The van der Waals surface area contributed by atoms with E-state index in [9.17, 15) is 4.79 Å². The highest BCUT2D eigenvalue weighted by Gasteiger charge is 2.49. The summed E-state index contributed by atoms with van der Waals surface area (Å²) in [5.41, 5.74) is 5.14. The number of benzene rings is 2. The van der Waals surface area contributed by atoms with Crippen LogP contribution < -0.4 is 5.32 Å². The molecule has 1 aliphatic heterocycles. The molecule has 1 saturated carbocycles. The van der Waals surface area contributed by atoms with Gasteiger partial charge in [-0.15, -0.1) is 0 Å². The first-order valence-electron chi connectivity index (χ1n) is 11.7. The second kappa shape index (κ2) is 7.85. The number of hydrogen-bond acceptors (Lipinski definition) is 2. The molecule has 3 nitrogen and oxygen atoms in total. The van der Waals surface area contributed by atoms with Gasteiger partial charge in [0.2, 0.25) is 0 Å². The molecule has 1 N–H and O–H groups in total. The van der Waals surface area contributed by atoms with Crippen molar-refractivity contribution in [3.63, 3.8) is 0 Å². The fourth-order valence-electron chi connectivity index (χ4n) is 5.77. The molecule has 2 aromatic rings. The average Bonchev–Trinajstić information content (AvgIpc) is 3.57. The maximum absolute atomic E-state index is 12.8. The first-order valence-corrected chi connectivity index (χ1v) is 11.7. The van der Waals surface area contributed by atoms with Crippen LogP contribution in [0, 0.1) is 11.8 Å². The molecule has 2 aliphatic carbocycles. The largest absolute Gasteiger partial charge is 0.352 e. The number of carbonyl (C=O) groups is 1. The molecule has 30 heavy (non-hydrogen) atoms. The van der Waals surface area contributed by atoms with Gasteiger partial charge in [-0.25, -0.2) is 0 Å². The Hall–Kier alpha value is -2.13. The minimum Gasteiger partial charge on any atom is -0.352 e. The summed E-state index contributed by atoms with van der Waals surface area (Å²) in [7, 11) is 0. The van der Waals surface area contributed by atoms with Crippen molar-refractivity contribution in [1.29, 1.82) is 0 Å². The van der Waals surface area contributed by atoms with Crippen LogP contribution in [0.25, 0.3) is 0 Å². The minimum absolute atomic E-state index is 0.0540. The van der Waals surface area contributed by atoms with E-state index in [2.05, 4.69) is 48.3 Å². The first kappa shape index (κ1) is 19.8. The number of rotatable bonds is 6. The Labute approximate surface area is 180 Å². The maximum atomic E-state index is 12.8. The Kier molecular flexibility index (Phi) is 5.18. The standard InChI is InChI=1S/C27H34N2O/c1-19-25-17-22-10-11-23(26(30)28-14-12-20-6-4-3-5-7-20)16-24(22)27(19,2)13-15-29(25)18-21-8-9-21/h3-7,10-11,16,19,21,25H,8-9,12-15,17-18H2,1-2H3,(H,28,30)/t19-,25?,27?/m0/s1. The van der Waals surface area contributed by atoms with Crippen LogP contribution >= 0.6 is 0 Å². The fourth-order valence-corrected chi connectivity index (χ4v) is 5.77. The highest BCUT2D eigenvalue weighted by atomic mass is 16.1. The molecule has 3 heteroatoms. The summed E-state index contributed by atoms with van der Waals surface area (Å²) in [5, 5.41) is 3.12. The Morgan fingerprint density at radius 2 is 1.97 bits per heavy atom. The zero-order valence-electron chi connectivity index (χ0n) is 18.4. The van der Waals surface area contributed by atoms with E-state index in [0.29, 0.717) is 18.5 Å². The van der Waals surface area contributed by atoms with Gasteiger partial charge in [-0.05, 0) is 84.7 Å². The van der Waals surface area contributed by atoms with Crippen LogP contribution in [-0.2, 0) is 18.3 Å². The number of fused-ring (bicyclic) bond motifs is 4. The van der Waals surface area contributed by atoms with E-state index in [-0.39, 0.29) is 11.3 Å². The topological polar surface area (TPSA) is 32.3 Å². The van der Waals surface area contributed by atoms with Crippen molar-refractivity contribution in [3.05, 3.63) is 70.8 Å². The first-order chi connectivity index (χ1) is 14.5. The normalized spacial score (nSPS) is 28.1. The lowest BCUT2D eigenvalue weighted by molar-refractivity contribution is 0.0284. The van der Waals surface area contributed by atoms with Crippen LogP contribution in [0.4, 0.5) is 0 Å². The minimum atomic E-state index is 0.0540. The predicted molar refractivity (Wildman–Crippen MR) is 122 cm³/mol. The van der Waals surface area contributed by atoms with Crippen LogP contribution in [0.5, 0.6) is 0 Å². The van der Waals surface area contributed by atoms with Gasteiger partial charge in [-0.2, -0.15) is 0 Å². The molecule has 2 fully saturated rings. The Balaban J connectivity index is 1.30. The SMILES string of the molecule is C[C@H]1C2Cc3ccc(C(=O)NCCc4ccccc4)cc3C1(C)CCN2CC1CC1. The van der Waals surface area contributed by atoms with Crippen LogP contribution in [0.3, 0.4) is 0 Å². The number of nitrogens with one attached hydrogen (secondary N) is 1. The molecule has 158 valence electrons. The molecule has 1 heterocycles. The molecule has 0 radical (unpaired) electrons. The zero-order valence-corrected chi connectivity index (χ0v) is 18.4. The smallest absolute Gasteiger partial charge is 0.251 e. The van der Waals surface area contributed by atoms with Gasteiger partial charge in [0.05, 0.1) is 0 Å². The van der Waals surface area contributed by atoms with Crippen LogP contribution in [0.1, 0.15) is 60.2 Å². The van der Waals surface area contributed by atoms with Gasteiger partial charge >= 0.3 is 0 Å². The number of carbonyl (C=O) groups excluding carboxylic acids is 1. The van der Waals surface area contributed by atoms with E-state index >= 15 is 0 Å². The van der Waals surface area contributed by atoms with Gasteiger partial charge in [0.1, 0.15) is 0 Å². The van der Waals surface area contributed by atoms with Crippen molar-refractivity contribution >= 4 is 5.91 Å². The fraction of sp³-hybridized carbons (Fsp3) is 0.519. The monoisotopic (exact) mass is 402 g/mol. The molecule has 2 aromatic carbocycles. The summed E-state index contributed by atoms with van der Waals surface area (Å²) in [6, 6.07) is 17.5. The zero-order chi connectivity index (χ0) is 20.7. The third-order valence-corrected chi connectivity index (χ3v) is 8.12. The Morgan fingerprint density at radius 1 is 1.17 bits per heavy atom. The molecular weight excluding hydrogens is 368 g/mol. The predicted octanol–water partition coefficient (Wildman–Crippen LogP) is 4.59. The van der Waals surface area contributed by atoms with E-state index in [1.807, 2.05) is 24.3 Å². The number of piperidine rings is 1. The summed E-state index contributed by atoms with van der Waals surface area (Å²) >= 11 is 0. The van der Waals surface area contributed by atoms with E-state index in [0.717, 1.165) is 24.3 Å². The number of nitrogens with zero attached hydrogens (tertiary/aromatic N) is 1. The molecule has 0 spiro atoms. The molecule has 0 aromatic heterocycles. The van der Waals surface area contributed by atoms with E-state index in [1.54, 1.807) is 0 Å². The summed E-state index contributed by atoms with van der Waals surface area (Å²) in [4.78, 5) is 15.6. The van der Waals surface area contributed by atoms with Gasteiger partial charge < -0.3 is 5.32 Å². The summed E-state index contributed by atoms with van der Waals surface area (Å²) < 4.78 is 0. The van der Waals surface area contributed by atoms with Crippen molar-refractivity contribution in [2.75, 3.05) is 19.6 Å². The number of hydrogen-bond donors (Lipinski definition) is 1. The summed E-state index contributed by atoms with van der Waals surface area (Å²) in [6.07, 6.45) is 6.05. The second-order valence-corrected chi connectivity index (χ2v) is 10.0. The second-order valence-electron chi connectivity index (χ2n) is 10.0. The van der Waals surface area contributed by atoms with Crippen molar-refractivity contribution in [3.8, 4) is 0 Å². The molecule has 1 saturated heterocycles. The molecule has 3 atom stereocenters. The van der Waals surface area contributed by atoms with E-state index in [1.165, 1.54) is 49.0 Å². The molecule has 3 aliphatic rings. The average molecular weight is 403 g/mol. The molecular formula is C27H34N2O. The van der Waals surface area contributed by atoms with Crippen molar-refractivity contribution in [2.24, 2.45) is 11.8 Å². The van der Waals surface area contributed by atoms with Gasteiger partial charge in [-0.1, -0.05) is 50.2 Å². The van der Waals surface area contributed by atoms with Crippen LogP contribution in [0.15, 0.2) is 48.5 Å². The lowest BCUT2D eigenvalue weighted by Crippen LogP contribution is -2.58. The molecule has 2 unspecified atom stereocenters.